The standard InChI is InChI=1S/C13H14N3.ClHO4/c1-15-8-6-12(7-9-15)16-13-5-3-2-4-11(13)10-14-16;2-1(3,4)5/h2-6,8,10H,7,9H2,1H3;(H,2,3,4,5)/q+1;/p-1. The zero-order chi connectivity index (χ0) is 15.5. The van der Waals surface area contributed by atoms with E-state index in [-0.39, 0.29) is 0 Å². The quantitative estimate of drug-likeness (QED) is 0.529. The van der Waals surface area contributed by atoms with Gasteiger partial charge >= 0.3 is 0 Å². The summed E-state index contributed by atoms with van der Waals surface area (Å²) in [5.74, 6) is 0. The summed E-state index contributed by atoms with van der Waals surface area (Å²) in [4.78, 5) is 0. The van der Waals surface area contributed by atoms with Gasteiger partial charge in [0, 0.05) is 17.9 Å². The first kappa shape index (κ1) is 15.6. The second kappa shape index (κ2) is 6.33. The zero-order valence-electron chi connectivity index (χ0n) is 11.3. The van der Waals surface area contributed by atoms with Gasteiger partial charge in [-0.25, -0.2) is 27.9 Å². The van der Waals surface area contributed by atoms with E-state index in [2.05, 4.69) is 47.2 Å². The summed E-state index contributed by atoms with van der Waals surface area (Å²) < 4.78 is 38.2. The highest BCUT2D eigenvalue weighted by atomic mass is 35.7. The van der Waals surface area contributed by atoms with E-state index >= 15 is 0 Å². The van der Waals surface area contributed by atoms with E-state index in [0.717, 1.165) is 13.0 Å². The Hall–Kier alpha value is -1.77. The highest BCUT2D eigenvalue weighted by molar-refractivity contribution is 5.84. The minimum Gasteiger partial charge on any atom is -0.238 e. The van der Waals surface area contributed by atoms with E-state index in [0.29, 0.717) is 0 Å². The van der Waals surface area contributed by atoms with Gasteiger partial charge in [0.1, 0.15) is 13.6 Å². The van der Waals surface area contributed by atoms with Crippen molar-refractivity contribution >= 4 is 22.8 Å². The van der Waals surface area contributed by atoms with Crippen LogP contribution in [0.15, 0.2) is 36.5 Å². The Morgan fingerprint density at radius 3 is 2.48 bits per heavy atom. The molecule has 7 nitrogen and oxygen atoms in total. The lowest BCUT2D eigenvalue weighted by molar-refractivity contribution is -2.00. The predicted molar refractivity (Wildman–Crippen MR) is 65.7 cm³/mol. The van der Waals surface area contributed by atoms with Crippen molar-refractivity contribution in [2.75, 3.05) is 13.6 Å². The molecule has 2 heterocycles. The fourth-order valence-electron chi connectivity index (χ4n) is 2.04. The maximum atomic E-state index is 8.49. The Labute approximate surface area is 123 Å². The van der Waals surface area contributed by atoms with Crippen molar-refractivity contribution in [1.29, 1.82) is 0 Å². The summed E-state index contributed by atoms with van der Waals surface area (Å²) in [7, 11) is -2.85. The van der Waals surface area contributed by atoms with Gasteiger partial charge in [-0.1, -0.05) is 18.2 Å². The van der Waals surface area contributed by atoms with E-state index in [1.165, 1.54) is 16.6 Å². The largest absolute Gasteiger partial charge is 0.238 e. The zero-order valence-corrected chi connectivity index (χ0v) is 12.1. The first-order chi connectivity index (χ1) is 9.84. The second-order valence-electron chi connectivity index (χ2n) is 4.53. The number of halogens is 1. The summed E-state index contributed by atoms with van der Waals surface area (Å²) in [6.45, 7) is 1.06. The van der Waals surface area contributed by atoms with Crippen LogP contribution in [-0.4, -0.2) is 34.2 Å². The third kappa shape index (κ3) is 4.62. The van der Waals surface area contributed by atoms with Crippen molar-refractivity contribution < 1.29 is 33.5 Å². The summed E-state index contributed by atoms with van der Waals surface area (Å²) in [6, 6.07) is 8.31. The first-order valence-corrected chi connectivity index (χ1v) is 7.37. The van der Waals surface area contributed by atoms with Crippen LogP contribution < -0.4 is 18.6 Å². The van der Waals surface area contributed by atoms with E-state index in [1.54, 1.807) is 0 Å². The molecular weight excluding hydrogens is 298 g/mol. The fraction of sp³-hybridized carbons (Fsp3) is 0.231. The van der Waals surface area contributed by atoms with Crippen molar-refractivity contribution in [1.82, 2.24) is 9.78 Å². The third-order valence-electron chi connectivity index (χ3n) is 2.99. The van der Waals surface area contributed by atoms with Gasteiger partial charge < -0.3 is 0 Å². The molecular formula is C13H14ClN3O4. The molecule has 0 saturated heterocycles. The number of fused-ring (bicyclic) bond motifs is 1. The SMILES string of the molecule is C[N+]1=CC=C(n2ncc3ccccc32)CC1.[O-][Cl+3]([O-])([O-])[O-]. The summed E-state index contributed by atoms with van der Waals surface area (Å²) >= 11 is 0. The van der Waals surface area contributed by atoms with Crippen molar-refractivity contribution in [3.05, 3.63) is 36.5 Å². The third-order valence-corrected chi connectivity index (χ3v) is 2.99. The van der Waals surface area contributed by atoms with E-state index in [9.17, 15) is 0 Å². The molecule has 0 radical (unpaired) electrons. The normalized spacial score (nSPS) is 15.1. The van der Waals surface area contributed by atoms with Crippen LogP contribution in [0.1, 0.15) is 6.42 Å². The van der Waals surface area contributed by atoms with Crippen LogP contribution in [0.25, 0.3) is 16.6 Å². The van der Waals surface area contributed by atoms with Gasteiger partial charge in [-0.05, 0) is 6.07 Å². The van der Waals surface area contributed by atoms with Crippen molar-refractivity contribution in [2.45, 2.75) is 6.42 Å². The molecule has 21 heavy (non-hydrogen) atoms. The van der Waals surface area contributed by atoms with Crippen molar-refractivity contribution in [3.8, 4) is 0 Å². The number of hydrogen-bond acceptors (Lipinski definition) is 5. The molecule has 1 aromatic heterocycles. The molecule has 112 valence electrons. The minimum absolute atomic E-state index is 1.04. The van der Waals surface area contributed by atoms with E-state index in [4.69, 9.17) is 18.6 Å². The number of para-hydroxylation sites is 1. The molecule has 2 aromatic rings. The van der Waals surface area contributed by atoms with Crippen molar-refractivity contribution in [3.63, 3.8) is 0 Å². The van der Waals surface area contributed by atoms with Gasteiger partial charge in [-0.3, -0.25) is 0 Å². The molecule has 1 aromatic carbocycles. The Balaban J connectivity index is 0.000000282. The lowest BCUT2D eigenvalue weighted by Gasteiger charge is -2.17. The van der Waals surface area contributed by atoms with Gasteiger partial charge in [-0.2, -0.15) is 5.10 Å². The molecule has 3 rings (SSSR count). The van der Waals surface area contributed by atoms with Gasteiger partial charge in [0.2, 0.25) is 0 Å². The van der Waals surface area contributed by atoms with E-state index in [1.807, 2.05) is 16.9 Å². The van der Waals surface area contributed by atoms with Crippen LogP contribution >= 0.6 is 0 Å². The monoisotopic (exact) mass is 311 g/mol. The topological polar surface area (TPSA) is 113 Å². The number of rotatable bonds is 1. The van der Waals surface area contributed by atoms with Crippen LogP contribution in [0.4, 0.5) is 0 Å². The molecule has 1 aliphatic heterocycles. The summed E-state index contributed by atoms with van der Waals surface area (Å²) in [5, 5.41) is 5.65. The first-order valence-electron chi connectivity index (χ1n) is 6.14. The maximum absolute atomic E-state index is 8.49. The predicted octanol–water partition coefficient (Wildman–Crippen LogP) is -2.76. The maximum Gasteiger partial charge on any atom is 0.164 e. The average molecular weight is 312 g/mol. The van der Waals surface area contributed by atoms with Gasteiger partial charge in [-0.15, -0.1) is 10.2 Å². The number of benzene rings is 1. The molecule has 0 unspecified atom stereocenters. The molecule has 0 atom stereocenters. The summed E-state index contributed by atoms with van der Waals surface area (Å²) in [6.07, 6.45) is 7.21. The smallest absolute Gasteiger partial charge is 0.164 e. The second-order valence-corrected chi connectivity index (χ2v) is 5.29. The Morgan fingerprint density at radius 2 is 1.86 bits per heavy atom. The number of hydrogen-bond donors (Lipinski definition) is 0. The Kier molecular flexibility index (Phi) is 4.71. The molecule has 0 amide bonds. The average Bonchev–Trinajstić information content (AvgIpc) is 2.82. The molecule has 0 fully saturated rings. The minimum atomic E-state index is -4.94. The highest BCUT2D eigenvalue weighted by Crippen LogP contribution is 2.19. The van der Waals surface area contributed by atoms with Crippen LogP contribution in [0.3, 0.4) is 0 Å². The molecule has 0 bridgehead atoms. The molecule has 0 N–H and O–H groups in total. The number of nitrogens with zero attached hydrogens (tertiary/aromatic N) is 3. The number of aromatic nitrogens is 2. The molecule has 0 aliphatic carbocycles. The summed E-state index contributed by atoms with van der Waals surface area (Å²) in [5.41, 5.74) is 2.45. The Bertz CT molecular complexity index is 682. The molecule has 1 aliphatic rings. The number of allylic oxidation sites excluding steroid dienone is 1. The van der Waals surface area contributed by atoms with Gasteiger partial charge in [0.05, 0.1) is 17.4 Å². The van der Waals surface area contributed by atoms with Crippen LogP contribution in [0.2, 0.25) is 0 Å². The lowest BCUT2D eigenvalue weighted by atomic mass is 10.2. The van der Waals surface area contributed by atoms with Crippen molar-refractivity contribution in [2.24, 2.45) is 0 Å². The Morgan fingerprint density at radius 1 is 1.19 bits per heavy atom. The molecule has 8 heteroatoms. The van der Waals surface area contributed by atoms with Gasteiger partial charge in [0.15, 0.2) is 6.21 Å². The van der Waals surface area contributed by atoms with Crippen LogP contribution in [0.5, 0.6) is 0 Å². The van der Waals surface area contributed by atoms with Crippen LogP contribution in [-0.2, 0) is 0 Å². The molecule has 0 spiro atoms. The van der Waals surface area contributed by atoms with E-state index < -0.39 is 10.2 Å². The van der Waals surface area contributed by atoms with Crippen LogP contribution in [0, 0.1) is 10.2 Å². The highest BCUT2D eigenvalue weighted by Gasteiger charge is 2.12. The van der Waals surface area contributed by atoms with Gasteiger partial charge in [0.25, 0.3) is 0 Å². The fourth-order valence-corrected chi connectivity index (χ4v) is 2.04. The lowest BCUT2D eigenvalue weighted by Crippen LogP contribution is -2.68. The molecule has 0 saturated carbocycles.